The minimum absolute atomic E-state index is 0.551. The molecule has 0 amide bonds. The van der Waals surface area contributed by atoms with Gasteiger partial charge in [0.25, 0.3) is 0 Å². The molecule has 2 unspecified atom stereocenters. The number of halogens is 1. The molecule has 1 aromatic heterocycles. The van der Waals surface area contributed by atoms with Crippen LogP contribution < -0.4 is 5.32 Å². The van der Waals surface area contributed by atoms with Crippen LogP contribution in [0.3, 0.4) is 0 Å². The smallest absolute Gasteiger partial charge is 0.152 e. The Bertz CT molecular complexity index is 379. The Labute approximate surface area is 115 Å². The van der Waals surface area contributed by atoms with E-state index in [0.29, 0.717) is 11.2 Å². The van der Waals surface area contributed by atoms with Crippen LogP contribution in [0.15, 0.2) is 18.3 Å². The Kier molecular flexibility index (Phi) is 4.87. The van der Waals surface area contributed by atoms with Gasteiger partial charge in [-0.2, -0.15) is 0 Å². The maximum absolute atomic E-state index is 6.09. The summed E-state index contributed by atoms with van der Waals surface area (Å²) in [6.45, 7) is 4.69. The van der Waals surface area contributed by atoms with Crippen molar-refractivity contribution >= 4 is 17.3 Å². The van der Waals surface area contributed by atoms with Gasteiger partial charge in [-0.1, -0.05) is 38.3 Å². The quantitative estimate of drug-likeness (QED) is 0.631. The number of hydrogen-bond acceptors (Lipinski definition) is 2. The van der Waals surface area contributed by atoms with Crippen LogP contribution in [0, 0.1) is 11.8 Å². The van der Waals surface area contributed by atoms with Crippen molar-refractivity contribution in [1.29, 1.82) is 0 Å². The fourth-order valence-electron chi connectivity index (χ4n) is 2.85. The molecule has 1 aromatic rings. The summed E-state index contributed by atoms with van der Waals surface area (Å²) in [5, 5.41) is 4.14. The van der Waals surface area contributed by atoms with Gasteiger partial charge in [0.15, 0.2) is 5.15 Å². The van der Waals surface area contributed by atoms with E-state index >= 15 is 0 Å². The van der Waals surface area contributed by atoms with Crippen molar-refractivity contribution in [2.24, 2.45) is 11.8 Å². The zero-order chi connectivity index (χ0) is 13.0. The Morgan fingerprint density at radius 2 is 2.11 bits per heavy atom. The molecule has 1 aliphatic rings. The van der Waals surface area contributed by atoms with Crippen LogP contribution in [0.5, 0.6) is 0 Å². The van der Waals surface area contributed by atoms with Crippen molar-refractivity contribution in [3.8, 4) is 0 Å². The highest BCUT2D eigenvalue weighted by Gasteiger charge is 2.21. The average molecular weight is 267 g/mol. The minimum atomic E-state index is 0.551. The summed E-state index contributed by atoms with van der Waals surface area (Å²) < 4.78 is 0. The summed E-state index contributed by atoms with van der Waals surface area (Å²) in [6, 6.07) is 4.50. The van der Waals surface area contributed by atoms with Gasteiger partial charge in [-0.25, -0.2) is 4.98 Å². The Balaban J connectivity index is 1.93. The predicted molar refractivity (Wildman–Crippen MR) is 78.1 cm³/mol. The van der Waals surface area contributed by atoms with Crippen molar-refractivity contribution in [2.75, 3.05) is 5.32 Å². The molecular formula is C15H23ClN2. The van der Waals surface area contributed by atoms with Gasteiger partial charge >= 0.3 is 0 Å². The molecule has 1 saturated carbocycles. The predicted octanol–water partition coefficient (Wildman–Crippen LogP) is 4.75. The molecule has 2 rings (SSSR count). The lowest BCUT2D eigenvalue weighted by atomic mass is 9.89. The van der Waals surface area contributed by atoms with E-state index in [1.54, 1.807) is 6.20 Å². The van der Waals surface area contributed by atoms with Gasteiger partial charge in [0, 0.05) is 12.2 Å². The van der Waals surface area contributed by atoms with Gasteiger partial charge in [0.05, 0.1) is 5.69 Å². The van der Waals surface area contributed by atoms with Crippen molar-refractivity contribution < 1.29 is 0 Å². The van der Waals surface area contributed by atoms with E-state index in [9.17, 15) is 0 Å². The molecule has 0 saturated heterocycles. The van der Waals surface area contributed by atoms with Crippen molar-refractivity contribution in [1.82, 2.24) is 4.98 Å². The molecule has 0 aliphatic heterocycles. The molecule has 0 aromatic carbocycles. The molecule has 1 aliphatic carbocycles. The van der Waals surface area contributed by atoms with Gasteiger partial charge in [-0.3, -0.25) is 0 Å². The summed E-state index contributed by atoms with van der Waals surface area (Å²) >= 11 is 6.09. The zero-order valence-corrected chi connectivity index (χ0v) is 12.1. The van der Waals surface area contributed by atoms with Crippen LogP contribution in [-0.4, -0.2) is 11.0 Å². The summed E-state index contributed by atoms with van der Waals surface area (Å²) in [7, 11) is 0. The number of anilines is 1. The molecule has 100 valence electrons. The van der Waals surface area contributed by atoms with Crippen LogP contribution in [0.4, 0.5) is 5.69 Å². The SMILES string of the molecule is CC(C)C1CCCC(Nc2cccnc2Cl)CC1. The molecule has 2 nitrogen and oxygen atoms in total. The van der Waals surface area contributed by atoms with Gasteiger partial charge in [-0.15, -0.1) is 0 Å². The molecule has 0 radical (unpaired) electrons. The summed E-state index contributed by atoms with van der Waals surface area (Å²) in [4.78, 5) is 4.11. The lowest BCUT2D eigenvalue weighted by molar-refractivity contribution is 0.341. The van der Waals surface area contributed by atoms with E-state index in [4.69, 9.17) is 11.6 Å². The van der Waals surface area contributed by atoms with Crippen LogP contribution in [-0.2, 0) is 0 Å². The standard InChI is InChI=1S/C15H23ClN2/c1-11(2)12-5-3-6-13(9-8-12)18-14-7-4-10-17-15(14)16/h4,7,10-13,18H,3,5-6,8-9H2,1-2H3. The fourth-order valence-corrected chi connectivity index (χ4v) is 3.03. The zero-order valence-electron chi connectivity index (χ0n) is 11.3. The van der Waals surface area contributed by atoms with Crippen molar-refractivity contribution in [3.05, 3.63) is 23.5 Å². The van der Waals surface area contributed by atoms with E-state index in [1.807, 2.05) is 12.1 Å². The van der Waals surface area contributed by atoms with E-state index in [-0.39, 0.29) is 0 Å². The van der Waals surface area contributed by atoms with Crippen LogP contribution in [0.2, 0.25) is 5.15 Å². The first-order chi connectivity index (χ1) is 8.66. The second kappa shape index (κ2) is 6.42. The van der Waals surface area contributed by atoms with Gasteiger partial charge in [0.1, 0.15) is 0 Å². The lowest BCUT2D eigenvalue weighted by Gasteiger charge is -2.20. The number of hydrogen-bond donors (Lipinski definition) is 1. The normalized spacial score (nSPS) is 24.9. The Morgan fingerprint density at radius 3 is 2.83 bits per heavy atom. The highest BCUT2D eigenvalue weighted by Crippen LogP contribution is 2.30. The third-order valence-electron chi connectivity index (χ3n) is 4.07. The van der Waals surface area contributed by atoms with Crippen LogP contribution >= 0.6 is 11.6 Å². The van der Waals surface area contributed by atoms with Crippen LogP contribution in [0.1, 0.15) is 46.0 Å². The molecule has 18 heavy (non-hydrogen) atoms. The van der Waals surface area contributed by atoms with E-state index < -0.39 is 0 Å². The van der Waals surface area contributed by atoms with Gasteiger partial charge in [0.2, 0.25) is 0 Å². The molecule has 0 spiro atoms. The largest absolute Gasteiger partial charge is 0.380 e. The first kappa shape index (κ1) is 13.7. The van der Waals surface area contributed by atoms with Crippen molar-refractivity contribution in [3.63, 3.8) is 0 Å². The highest BCUT2D eigenvalue weighted by molar-refractivity contribution is 6.31. The van der Waals surface area contributed by atoms with Crippen molar-refractivity contribution in [2.45, 2.75) is 52.0 Å². The fraction of sp³-hybridized carbons (Fsp3) is 0.667. The highest BCUT2D eigenvalue weighted by atomic mass is 35.5. The lowest BCUT2D eigenvalue weighted by Crippen LogP contribution is -2.19. The summed E-state index contributed by atoms with van der Waals surface area (Å²) in [5.41, 5.74) is 0.979. The third kappa shape index (κ3) is 3.61. The average Bonchev–Trinajstić information content (AvgIpc) is 2.58. The number of pyridine rings is 1. The molecular weight excluding hydrogens is 244 g/mol. The van der Waals surface area contributed by atoms with Gasteiger partial charge in [-0.05, 0) is 43.2 Å². The maximum Gasteiger partial charge on any atom is 0.152 e. The first-order valence-corrected chi connectivity index (χ1v) is 7.41. The number of nitrogens with zero attached hydrogens (tertiary/aromatic N) is 1. The molecule has 1 fully saturated rings. The topological polar surface area (TPSA) is 24.9 Å². The number of rotatable bonds is 3. The maximum atomic E-state index is 6.09. The Morgan fingerprint density at radius 1 is 1.28 bits per heavy atom. The second-order valence-corrected chi connectivity index (χ2v) is 6.05. The molecule has 3 heteroatoms. The van der Waals surface area contributed by atoms with E-state index in [0.717, 1.165) is 17.5 Å². The minimum Gasteiger partial charge on any atom is -0.380 e. The molecule has 1 heterocycles. The van der Waals surface area contributed by atoms with Gasteiger partial charge < -0.3 is 5.32 Å². The Hall–Kier alpha value is -0.760. The monoisotopic (exact) mass is 266 g/mol. The molecule has 0 bridgehead atoms. The van der Waals surface area contributed by atoms with E-state index in [1.165, 1.54) is 32.1 Å². The van der Waals surface area contributed by atoms with E-state index in [2.05, 4.69) is 24.1 Å². The number of nitrogens with one attached hydrogen (secondary N) is 1. The summed E-state index contributed by atoms with van der Waals surface area (Å²) in [6.07, 6.45) is 8.24. The third-order valence-corrected chi connectivity index (χ3v) is 4.38. The summed E-state index contributed by atoms with van der Waals surface area (Å²) in [5.74, 6) is 1.70. The van der Waals surface area contributed by atoms with Crippen LogP contribution in [0.25, 0.3) is 0 Å². The molecule has 1 N–H and O–H groups in total. The second-order valence-electron chi connectivity index (χ2n) is 5.70. The number of aromatic nitrogens is 1. The first-order valence-electron chi connectivity index (χ1n) is 7.04. The molecule has 2 atom stereocenters.